The Morgan fingerprint density at radius 2 is 2.14 bits per heavy atom. The van der Waals surface area contributed by atoms with Crippen molar-refractivity contribution in [1.82, 2.24) is 4.31 Å². The van der Waals surface area contributed by atoms with Crippen LogP contribution in [0.4, 0.5) is 0 Å². The van der Waals surface area contributed by atoms with Crippen LogP contribution in [0, 0.1) is 0 Å². The zero-order chi connectivity index (χ0) is 20.1. The van der Waals surface area contributed by atoms with Gasteiger partial charge in [0.15, 0.2) is 0 Å². The van der Waals surface area contributed by atoms with Crippen molar-refractivity contribution < 1.29 is 19.0 Å². The summed E-state index contributed by atoms with van der Waals surface area (Å²) in [6.07, 6.45) is 2.17. The van der Waals surface area contributed by atoms with Crippen LogP contribution in [0.5, 0.6) is 0 Å². The molecule has 0 aliphatic carbocycles. The maximum absolute atomic E-state index is 12.5. The van der Waals surface area contributed by atoms with Crippen LogP contribution in [0.1, 0.15) is 38.5 Å². The SMILES string of the molecule is CCCc1cc2cc(CC(=O)N=C3SN(COOCC)C(C)C3Cl)ccc2o1. The molecule has 2 unspecified atom stereocenters. The van der Waals surface area contributed by atoms with Gasteiger partial charge in [0, 0.05) is 17.8 Å². The summed E-state index contributed by atoms with van der Waals surface area (Å²) in [6, 6.07) is 7.83. The molecule has 2 atom stereocenters. The molecule has 2 heterocycles. The molecular formula is C20H25ClN2O4S. The molecule has 0 radical (unpaired) electrons. The number of carbonyl (C=O) groups is 1. The number of alkyl halides is 1. The molecule has 8 heteroatoms. The molecule has 1 aromatic heterocycles. The summed E-state index contributed by atoms with van der Waals surface area (Å²) >= 11 is 7.78. The van der Waals surface area contributed by atoms with Crippen molar-refractivity contribution in [3.8, 4) is 0 Å². The lowest BCUT2D eigenvalue weighted by Gasteiger charge is -2.18. The van der Waals surface area contributed by atoms with Gasteiger partial charge in [0.2, 0.25) is 0 Å². The van der Waals surface area contributed by atoms with Crippen molar-refractivity contribution in [3.63, 3.8) is 0 Å². The number of amides is 1. The third-order valence-electron chi connectivity index (χ3n) is 4.42. The zero-order valence-electron chi connectivity index (χ0n) is 16.3. The van der Waals surface area contributed by atoms with Crippen LogP contribution in [0.2, 0.25) is 0 Å². The Kier molecular flexibility index (Phi) is 7.54. The molecule has 28 heavy (non-hydrogen) atoms. The lowest BCUT2D eigenvalue weighted by Crippen LogP contribution is -2.29. The number of fused-ring (bicyclic) bond motifs is 1. The average Bonchev–Trinajstić information content (AvgIpc) is 3.18. The number of hydrogen-bond donors (Lipinski definition) is 0. The van der Waals surface area contributed by atoms with Crippen LogP contribution in [0.3, 0.4) is 0 Å². The van der Waals surface area contributed by atoms with E-state index in [4.69, 9.17) is 25.8 Å². The molecule has 1 aliphatic heterocycles. The monoisotopic (exact) mass is 424 g/mol. The van der Waals surface area contributed by atoms with Gasteiger partial charge in [0.05, 0.1) is 18.4 Å². The topological polar surface area (TPSA) is 64.3 Å². The maximum atomic E-state index is 12.5. The van der Waals surface area contributed by atoms with Crippen LogP contribution in [-0.4, -0.2) is 40.0 Å². The van der Waals surface area contributed by atoms with Crippen LogP contribution in [0.15, 0.2) is 33.7 Å². The maximum Gasteiger partial charge on any atom is 0.250 e. The minimum absolute atomic E-state index is 0.0158. The largest absolute Gasteiger partial charge is 0.461 e. The molecule has 1 amide bonds. The Hall–Kier alpha value is -1.38. The van der Waals surface area contributed by atoms with Gasteiger partial charge in [-0.25, -0.2) is 19.1 Å². The van der Waals surface area contributed by atoms with Gasteiger partial charge >= 0.3 is 0 Å². The van der Waals surface area contributed by atoms with Crippen molar-refractivity contribution in [2.45, 2.75) is 51.5 Å². The fourth-order valence-electron chi connectivity index (χ4n) is 2.97. The molecular weight excluding hydrogens is 400 g/mol. The van der Waals surface area contributed by atoms with E-state index in [0.717, 1.165) is 35.1 Å². The second kappa shape index (κ2) is 9.89. The minimum atomic E-state index is -0.355. The summed E-state index contributed by atoms with van der Waals surface area (Å²) in [5, 5.41) is 1.25. The average molecular weight is 425 g/mol. The first-order valence-electron chi connectivity index (χ1n) is 9.47. The van der Waals surface area contributed by atoms with E-state index in [2.05, 4.69) is 11.9 Å². The molecule has 1 aliphatic rings. The van der Waals surface area contributed by atoms with Crippen LogP contribution in [-0.2, 0) is 27.4 Å². The summed E-state index contributed by atoms with van der Waals surface area (Å²) in [4.78, 5) is 26.7. The second-order valence-electron chi connectivity index (χ2n) is 6.66. The zero-order valence-corrected chi connectivity index (χ0v) is 17.9. The molecule has 0 saturated carbocycles. The third-order valence-corrected chi connectivity index (χ3v) is 6.33. The summed E-state index contributed by atoms with van der Waals surface area (Å²) < 4.78 is 7.70. The number of aryl methyl sites for hydroxylation is 1. The first kappa shape index (κ1) is 21.3. The van der Waals surface area contributed by atoms with E-state index < -0.39 is 0 Å². The van der Waals surface area contributed by atoms with Crippen LogP contribution < -0.4 is 0 Å². The normalized spacial score (nSPS) is 21.8. The summed E-state index contributed by atoms with van der Waals surface area (Å²) in [5.41, 5.74) is 1.75. The predicted octanol–water partition coefficient (Wildman–Crippen LogP) is 4.74. The van der Waals surface area contributed by atoms with E-state index in [9.17, 15) is 4.79 Å². The molecule has 1 aromatic carbocycles. The van der Waals surface area contributed by atoms with Gasteiger partial charge < -0.3 is 4.42 Å². The Bertz CT molecular complexity index is 854. The van der Waals surface area contributed by atoms with E-state index in [-0.39, 0.29) is 30.5 Å². The molecule has 1 fully saturated rings. The van der Waals surface area contributed by atoms with E-state index in [0.29, 0.717) is 11.7 Å². The molecule has 152 valence electrons. The molecule has 0 N–H and O–H groups in total. The lowest BCUT2D eigenvalue weighted by molar-refractivity contribution is -0.305. The fraction of sp³-hybridized carbons (Fsp3) is 0.500. The van der Waals surface area contributed by atoms with Crippen LogP contribution in [0.25, 0.3) is 11.0 Å². The van der Waals surface area contributed by atoms with Gasteiger partial charge in [0.1, 0.15) is 23.1 Å². The van der Waals surface area contributed by atoms with Crippen molar-refractivity contribution in [1.29, 1.82) is 0 Å². The molecule has 3 rings (SSSR count). The third kappa shape index (κ3) is 5.15. The molecule has 2 aromatic rings. The molecule has 0 spiro atoms. The highest BCUT2D eigenvalue weighted by Gasteiger charge is 2.37. The van der Waals surface area contributed by atoms with E-state index >= 15 is 0 Å². The second-order valence-corrected chi connectivity index (χ2v) is 8.20. The number of furan rings is 1. The highest BCUT2D eigenvalue weighted by molar-refractivity contribution is 8.12. The first-order chi connectivity index (χ1) is 13.5. The fourth-order valence-corrected chi connectivity index (χ4v) is 4.40. The van der Waals surface area contributed by atoms with Crippen LogP contribution >= 0.6 is 23.5 Å². The van der Waals surface area contributed by atoms with Crippen molar-refractivity contribution in [2.24, 2.45) is 4.99 Å². The Labute approximate surface area is 174 Å². The number of hydrogen-bond acceptors (Lipinski definition) is 6. The number of halogens is 1. The smallest absolute Gasteiger partial charge is 0.250 e. The van der Waals surface area contributed by atoms with Gasteiger partial charge in [-0.2, -0.15) is 0 Å². The molecule has 1 saturated heterocycles. The summed E-state index contributed by atoms with van der Waals surface area (Å²) in [7, 11) is 0. The van der Waals surface area contributed by atoms with Gasteiger partial charge in [0.25, 0.3) is 5.91 Å². The molecule has 6 nitrogen and oxygen atoms in total. The minimum Gasteiger partial charge on any atom is -0.461 e. The van der Waals surface area contributed by atoms with Gasteiger partial charge in [-0.1, -0.05) is 13.0 Å². The predicted molar refractivity (Wildman–Crippen MR) is 112 cm³/mol. The van der Waals surface area contributed by atoms with E-state index in [1.54, 1.807) is 0 Å². The number of rotatable bonds is 8. The lowest BCUT2D eigenvalue weighted by atomic mass is 10.1. The van der Waals surface area contributed by atoms with E-state index in [1.165, 1.54) is 11.9 Å². The van der Waals surface area contributed by atoms with E-state index in [1.807, 2.05) is 42.4 Å². The van der Waals surface area contributed by atoms with Crippen molar-refractivity contribution in [3.05, 3.63) is 35.6 Å². The molecule has 0 bridgehead atoms. The Morgan fingerprint density at radius 3 is 2.89 bits per heavy atom. The highest BCUT2D eigenvalue weighted by Crippen LogP contribution is 2.33. The highest BCUT2D eigenvalue weighted by atomic mass is 35.5. The standard InChI is InChI=1S/C20H25ClN2O4S/c1-4-6-16-11-15-9-14(7-8-17(15)27-16)10-18(24)22-20-19(21)13(3)23(28-20)12-26-25-5-2/h7-9,11,13,19H,4-6,10,12H2,1-3H3. The van der Waals surface area contributed by atoms with Gasteiger partial charge in [-0.05, 0) is 56.0 Å². The summed E-state index contributed by atoms with van der Waals surface area (Å²) in [6.45, 7) is 6.66. The number of nitrogens with zero attached hydrogens (tertiary/aromatic N) is 2. The van der Waals surface area contributed by atoms with Gasteiger partial charge in [-0.15, -0.1) is 11.6 Å². The number of aliphatic imine (C=N–C) groups is 1. The van der Waals surface area contributed by atoms with Crippen molar-refractivity contribution >= 4 is 45.5 Å². The van der Waals surface area contributed by atoms with Gasteiger partial charge in [-0.3, -0.25) is 4.79 Å². The number of benzene rings is 1. The Balaban J connectivity index is 1.64. The first-order valence-corrected chi connectivity index (χ1v) is 10.7. The number of carbonyl (C=O) groups excluding carboxylic acids is 1. The summed E-state index contributed by atoms with van der Waals surface area (Å²) in [5.74, 6) is 0.751. The Morgan fingerprint density at radius 1 is 1.32 bits per heavy atom. The van der Waals surface area contributed by atoms with Crippen molar-refractivity contribution in [2.75, 3.05) is 13.3 Å². The quantitative estimate of drug-likeness (QED) is 0.200.